The minimum absolute atomic E-state index is 0.0572. The summed E-state index contributed by atoms with van der Waals surface area (Å²) >= 11 is 3.62. The minimum atomic E-state index is 0.0572. The molecule has 0 heterocycles. The molecule has 0 amide bonds. The zero-order chi connectivity index (χ0) is 13.1. The first-order valence-electron chi connectivity index (χ1n) is 6.44. The number of methoxy groups -OCH3 is 1. The Hall–Kier alpha value is -0.580. The van der Waals surface area contributed by atoms with Crippen LogP contribution < -0.4 is 10.6 Å². The van der Waals surface area contributed by atoms with Crippen molar-refractivity contribution in [1.82, 2.24) is 0 Å². The van der Waals surface area contributed by atoms with E-state index in [-0.39, 0.29) is 6.04 Å². The van der Waals surface area contributed by atoms with E-state index in [1.807, 2.05) is 6.92 Å². The summed E-state index contributed by atoms with van der Waals surface area (Å²) in [6.07, 6.45) is 2.58. The fourth-order valence-corrected chi connectivity index (χ4v) is 2.89. The molecule has 0 radical (unpaired) electrons. The first kappa shape index (κ1) is 13.8. The molecule has 0 aliphatic heterocycles. The maximum atomic E-state index is 5.93. The summed E-state index contributed by atoms with van der Waals surface area (Å²) in [5.74, 6) is 0. The van der Waals surface area contributed by atoms with Crippen molar-refractivity contribution in [3.63, 3.8) is 0 Å². The smallest absolute Gasteiger partial charge is 0.0637 e. The quantitative estimate of drug-likeness (QED) is 0.877. The topological polar surface area (TPSA) is 38.5 Å². The summed E-state index contributed by atoms with van der Waals surface area (Å²) in [5.41, 5.74) is 8.34. The van der Waals surface area contributed by atoms with E-state index >= 15 is 0 Å². The largest absolute Gasteiger partial charge is 0.383 e. The van der Waals surface area contributed by atoms with E-state index in [0.29, 0.717) is 6.04 Å². The number of nitrogens with zero attached hydrogens (tertiary/aromatic N) is 1. The van der Waals surface area contributed by atoms with Crippen LogP contribution in [0.2, 0.25) is 0 Å². The van der Waals surface area contributed by atoms with Gasteiger partial charge in [0.15, 0.2) is 0 Å². The highest BCUT2D eigenvalue weighted by Gasteiger charge is 2.29. The van der Waals surface area contributed by atoms with Gasteiger partial charge in [-0.1, -0.05) is 22.0 Å². The Labute approximate surface area is 117 Å². The Morgan fingerprint density at radius 2 is 2.22 bits per heavy atom. The van der Waals surface area contributed by atoms with Crippen molar-refractivity contribution < 1.29 is 4.74 Å². The van der Waals surface area contributed by atoms with Gasteiger partial charge in [-0.2, -0.15) is 0 Å². The lowest BCUT2D eigenvalue weighted by Gasteiger charge is -2.25. The molecule has 0 unspecified atom stereocenters. The molecule has 2 N–H and O–H groups in total. The maximum absolute atomic E-state index is 5.93. The maximum Gasteiger partial charge on any atom is 0.0637 e. The normalized spacial score (nSPS) is 16.7. The molecule has 2 rings (SSSR count). The molecular formula is C14H21BrN2O. The third kappa shape index (κ3) is 3.25. The van der Waals surface area contributed by atoms with E-state index < -0.39 is 0 Å². The number of halogens is 1. The average molecular weight is 313 g/mol. The second-order valence-electron chi connectivity index (χ2n) is 4.91. The summed E-state index contributed by atoms with van der Waals surface area (Å²) < 4.78 is 6.29. The summed E-state index contributed by atoms with van der Waals surface area (Å²) in [7, 11) is 1.75. The van der Waals surface area contributed by atoms with Gasteiger partial charge in [-0.25, -0.2) is 0 Å². The second kappa shape index (κ2) is 6.04. The van der Waals surface area contributed by atoms with Crippen LogP contribution in [0, 0.1) is 0 Å². The summed E-state index contributed by atoms with van der Waals surface area (Å²) in [5, 5.41) is 0. The Kier molecular flexibility index (Phi) is 4.65. The van der Waals surface area contributed by atoms with Crippen LogP contribution in [0.3, 0.4) is 0 Å². The predicted octanol–water partition coefficient (Wildman–Crippen LogP) is 3.08. The van der Waals surface area contributed by atoms with Crippen LogP contribution in [0.1, 0.15) is 31.4 Å². The van der Waals surface area contributed by atoms with Gasteiger partial charge in [0.2, 0.25) is 0 Å². The van der Waals surface area contributed by atoms with E-state index in [9.17, 15) is 0 Å². The Balaban J connectivity index is 2.17. The van der Waals surface area contributed by atoms with Gasteiger partial charge in [0.25, 0.3) is 0 Å². The summed E-state index contributed by atoms with van der Waals surface area (Å²) in [6, 6.07) is 7.20. The SMILES string of the molecule is COCCN(c1ccc([C@@H](C)N)c(Br)c1)C1CC1. The molecule has 0 aromatic heterocycles. The monoisotopic (exact) mass is 312 g/mol. The number of hydrogen-bond acceptors (Lipinski definition) is 3. The zero-order valence-corrected chi connectivity index (χ0v) is 12.6. The van der Waals surface area contributed by atoms with Gasteiger partial charge in [-0.3, -0.25) is 0 Å². The van der Waals surface area contributed by atoms with Crippen LogP contribution in [-0.2, 0) is 4.74 Å². The van der Waals surface area contributed by atoms with Crippen molar-refractivity contribution in [3.05, 3.63) is 28.2 Å². The molecule has 3 nitrogen and oxygen atoms in total. The molecular weight excluding hydrogens is 292 g/mol. The van der Waals surface area contributed by atoms with Gasteiger partial charge < -0.3 is 15.4 Å². The molecule has 0 saturated heterocycles. The van der Waals surface area contributed by atoms with Gasteiger partial charge in [0, 0.05) is 35.9 Å². The molecule has 4 heteroatoms. The number of nitrogens with two attached hydrogens (primary N) is 1. The van der Waals surface area contributed by atoms with E-state index in [1.165, 1.54) is 18.5 Å². The van der Waals surface area contributed by atoms with E-state index in [2.05, 4.69) is 39.0 Å². The van der Waals surface area contributed by atoms with E-state index in [1.54, 1.807) is 7.11 Å². The zero-order valence-electron chi connectivity index (χ0n) is 11.0. The number of anilines is 1. The van der Waals surface area contributed by atoms with E-state index in [4.69, 9.17) is 10.5 Å². The van der Waals surface area contributed by atoms with Crippen molar-refractivity contribution in [2.24, 2.45) is 5.73 Å². The van der Waals surface area contributed by atoms with Crippen molar-refractivity contribution >= 4 is 21.6 Å². The number of rotatable bonds is 6. The molecule has 1 aliphatic carbocycles. The Morgan fingerprint density at radius 1 is 1.50 bits per heavy atom. The lowest BCUT2D eigenvalue weighted by atomic mass is 10.1. The molecule has 1 aliphatic rings. The van der Waals surface area contributed by atoms with Crippen LogP contribution in [-0.4, -0.2) is 26.3 Å². The fraction of sp³-hybridized carbons (Fsp3) is 0.571. The molecule has 1 saturated carbocycles. The third-order valence-electron chi connectivity index (χ3n) is 3.33. The Bertz CT molecular complexity index is 405. The van der Waals surface area contributed by atoms with Crippen LogP contribution >= 0.6 is 15.9 Å². The third-order valence-corrected chi connectivity index (χ3v) is 4.02. The fourth-order valence-electron chi connectivity index (χ4n) is 2.16. The molecule has 18 heavy (non-hydrogen) atoms. The van der Waals surface area contributed by atoms with Gasteiger partial charge in [-0.15, -0.1) is 0 Å². The van der Waals surface area contributed by atoms with Crippen molar-refractivity contribution in [1.29, 1.82) is 0 Å². The number of hydrogen-bond donors (Lipinski definition) is 1. The second-order valence-corrected chi connectivity index (χ2v) is 5.77. The molecule has 0 bridgehead atoms. The van der Waals surface area contributed by atoms with Gasteiger partial charge >= 0.3 is 0 Å². The lowest BCUT2D eigenvalue weighted by Crippen LogP contribution is -2.29. The van der Waals surface area contributed by atoms with Crippen LogP contribution in [0.15, 0.2) is 22.7 Å². The van der Waals surface area contributed by atoms with Crippen LogP contribution in [0.5, 0.6) is 0 Å². The van der Waals surface area contributed by atoms with Gasteiger partial charge in [0.1, 0.15) is 0 Å². The van der Waals surface area contributed by atoms with Crippen molar-refractivity contribution in [2.45, 2.75) is 31.8 Å². The first-order valence-corrected chi connectivity index (χ1v) is 7.23. The standard InChI is InChI=1S/C14H21BrN2O/c1-10(16)13-6-5-12(9-14(13)15)17(7-8-18-2)11-3-4-11/h5-6,9-11H,3-4,7-8,16H2,1-2H3/t10-/m1/s1. The number of benzene rings is 1. The van der Waals surface area contributed by atoms with Gasteiger partial charge in [-0.05, 0) is 37.5 Å². The summed E-state index contributed by atoms with van der Waals surface area (Å²) in [4.78, 5) is 2.43. The van der Waals surface area contributed by atoms with Crippen LogP contribution in [0.25, 0.3) is 0 Å². The molecule has 1 aromatic carbocycles. The first-order chi connectivity index (χ1) is 8.63. The van der Waals surface area contributed by atoms with Crippen molar-refractivity contribution in [3.8, 4) is 0 Å². The predicted molar refractivity (Wildman–Crippen MR) is 79.0 cm³/mol. The number of ether oxygens (including phenoxy) is 1. The van der Waals surface area contributed by atoms with Crippen LogP contribution in [0.4, 0.5) is 5.69 Å². The Morgan fingerprint density at radius 3 is 2.72 bits per heavy atom. The van der Waals surface area contributed by atoms with E-state index in [0.717, 1.165) is 23.2 Å². The highest BCUT2D eigenvalue weighted by Crippen LogP contribution is 2.34. The molecule has 1 fully saturated rings. The molecule has 1 aromatic rings. The lowest BCUT2D eigenvalue weighted by molar-refractivity contribution is 0.205. The summed E-state index contributed by atoms with van der Waals surface area (Å²) in [6.45, 7) is 3.72. The molecule has 0 spiro atoms. The average Bonchev–Trinajstić information content (AvgIpc) is 3.13. The van der Waals surface area contributed by atoms with Crippen molar-refractivity contribution in [2.75, 3.05) is 25.2 Å². The highest BCUT2D eigenvalue weighted by atomic mass is 79.9. The highest BCUT2D eigenvalue weighted by molar-refractivity contribution is 9.10. The minimum Gasteiger partial charge on any atom is -0.383 e. The molecule has 1 atom stereocenters. The van der Waals surface area contributed by atoms with Gasteiger partial charge in [0.05, 0.1) is 6.61 Å². The molecule has 100 valence electrons.